The van der Waals surface area contributed by atoms with Crippen LogP contribution >= 0.6 is 0 Å². The van der Waals surface area contributed by atoms with Crippen molar-refractivity contribution in [2.24, 2.45) is 11.7 Å². The molecule has 0 bridgehead atoms. The summed E-state index contributed by atoms with van der Waals surface area (Å²) >= 11 is 0. The summed E-state index contributed by atoms with van der Waals surface area (Å²) in [7, 11) is 0. The van der Waals surface area contributed by atoms with E-state index < -0.39 is 5.54 Å². The number of nitrogens with two attached hydrogens (primary N) is 1. The Morgan fingerprint density at radius 1 is 1.43 bits per heavy atom. The highest BCUT2D eigenvalue weighted by Crippen LogP contribution is 2.44. The molecule has 1 nitrogen and oxygen atoms in total. The zero-order valence-electron chi connectivity index (χ0n) is 8.68. The lowest BCUT2D eigenvalue weighted by Gasteiger charge is -2.25. The van der Waals surface area contributed by atoms with Gasteiger partial charge in [0.05, 0.1) is 0 Å². The maximum atomic E-state index is 13.6. The predicted molar refractivity (Wildman–Crippen MR) is 55.4 cm³/mol. The molecule has 0 radical (unpaired) electrons. The SMILES string of the molecule is Cc1ccc(F)c(C(C)(N)C2CC2)c1. The largest absolute Gasteiger partial charge is 0.321 e. The molecule has 0 amide bonds. The van der Waals surface area contributed by atoms with Crippen molar-refractivity contribution in [3.63, 3.8) is 0 Å². The molecule has 0 heterocycles. The van der Waals surface area contributed by atoms with E-state index in [4.69, 9.17) is 5.73 Å². The fourth-order valence-electron chi connectivity index (χ4n) is 1.95. The summed E-state index contributed by atoms with van der Waals surface area (Å²) in [6.45, 7) is 3.90. The highest BCUT2D eigenvalue weighted by molar-refractivity contribution is 5.31. The van der Waals surface area contributed by atoms with Gasteiger partial charge in [0.15, 0.2) is 0 Å². The first-order valence-corrected chi connectivity index (χ1v) is 5.07. The Bertz CT molecular complexity index is 353. The molecule has 1 aromatic carbocycles. The Kier molecular flexibility index (Phi) is 2.11. The van der Waals surface area contributed by atoms with Crippen molar-refractivity contribution in [3.05, 3.63) is 35.1 Å². The van der Waals surface area contributed by atoms with Gasteiger partial charge in [-0.15, -0.1) is 0 Å². The van der Waals surface area contributed by atoms with Gasteiger partial charge in [-0.05, 0) is 38.7 Å². The quantitative estimate of drug-likeness (QED) is 0.767. The molecule has 1 aliphatic carbocycles. The number of halogens is 1. The maximum Gasteiger partial charge on any atom is 0.128 e. The average molecular weight is 193 g/mol. The zero-order chi connectivity index (χ0) is 10.3. The number of benzene rings is 1. The average Bonchev–Trinajstić information content (AvgIpc) is 2.91. The van der Waals surface area contributed by atoms with Crippen LogP contribution in [-0.2, 0) is 5.54 Å². The van der Waals surface area contributed by atoms with Gasteiger partial charge in [-0.3, -0.25) is 0 Å². The van der Waals surface area contributed by atoms with Gasteiger partial charge in [0.25, 0.3) is 0 Å². The van der Waals surface area contributed by atoms with E-state index in [-0.39, 0.29) is 5.82 Å². The van der Waals surface area contributed by atoms with Crippen LogP contribution in [-0.4, -0.2) is 0 Å². The van der Waals surface area contributed by atoms with Crippen LogP contribution in [0.3, 0.4) is 0 Å². The van der Waals surface area contributed by atoms with Crippen LogP contribution in [0.1, 0.15) is 30.9 Å². The number of rotatable bonds is 2. The van der Waals surface area contributed by atoms with Crippen LogP contribution < -0.4 is 5.73 Å². The minimum atomic E-state index is -0.490. The van der Waals surface area contributed by atoms with Crippen LogP contribution in [0.4, 0.5) is 4.39 Å². The van der Waals surface area contributed by atoms with E-state index in [1.807, 2.05) is 19.9 Å². The van der Waals surface area contributed by atoms with Gasteiger partial charge in [-0.1, -0.05) is 17.7 Å². The Labute approximate surface area is 84.1 Å². The van der Waals surface area contributed by atoms with Crippen molar-refractivity contribution in [2.45, 2.75) is 32.2 Å². The third-order valence-corrected chi connectivity index (χ3v) is 3.13. The van der Waals surface area contributed by atoms with Gasteiger partial charge in [-0.25, -0.2) is 4.39 Å². The number of aryl methyl sites for hydroxylation is 1. The van der Waals surface area contributed by atoms with Gasteiger partial charge in [0.2, 0.25) is 0 Å². The van der Waals surface area contributed by atoms with Crippen LogP contribution in [0.15, 0.2) is 18.2 Å². The lowest BCUT2D eigenvalue weighted by Crippen LogP contribution is -2.36. The van der Waals surface area contributed by atoms with Gasteiger partial charge in [-0.2, -0.15) is 0 Å². The monoisotopic (exact) mass is 193 g/mol. The summed E-state index contributed by atoms with van der Waals surface area (Å²) < 4.78 is 13.6. The van der Waals surface area contributed by atoms with E-state index in [0.29, 0.717) is 11.5 Å². The van der Waals surface area contributed by atoms with Gasteiger partial charge < -0.3 is 5.73 Å². The standard InChI is InChI=1S/C12H16FN/c1-8-3-6-11(13)10(7-8)12(2,14)9-4-5-9/h3,6-7,9H,4-5,14H2,1-2H3. The molecular formula is C12H16FN. The third kappa shape index (κ3) is 1.55. The van der Waals surface area contributed by atoms with E-state index in [1.54, 1.807) is 6.07 Å². The molecule has 0 saturated heterocycles. The Balaban J connectivity index is 2.43. The molecule has 1 fully saturated rings. The number of hydrogen-bond acceptors (Lipinski definition) is 1. The Hall–Kier alpha value is -0.890. The Morgan fingerprint density at radius 2 is 2.07 bits per heavy atom. The lowest BCUT2D eigenvalue weighted by molar-refractivity contribution is 0.404. The number of hydrogen-bond donors (Lipinski definition) is 1. The van der Waals surface area contributed by atoms with E-state index in [1.165, 1.54) is 6.07 Å². The second-order valence-electron chi connectivity index (χ2n) is 4.54. The molecule has 1 unspecified atom stereocenters. The molecule has 2 N–H and O–H groups in total. The van der Waals surface area contributed by atoms with Crippen molar-refractivity contribution in [1.82, 2.24) is 0 Å². The van der Waals surface area contributed by atoms with Crippen molar-refractivity contribution >= 4 is 0 Å². The first-order valence-electron chi connectivity index (χ1n) is 5.07. The molecule has 0 aliphatic heterocycles. The summed E-state index contributed by atoms with van der Waals surface area (Å²) in [4.78, 5) is 0. The fraction of sp³-hybridized carbons (Fsp3) is 0.500. The Morgan fingerprint density at radius 3 is 2.64 bits per heavy atom. The predicted octanol–water partition coefficient (Wildman–Crippen LogP) is 2.72. The van der Waals surface area contributed by atoms with Crippen LogP contribution in [0.25, 0.3) is 0 Å². The molecular weight excluding hydrogens is 177 g/mol. The molecule has 2 heteroatoms. The molecule has 14 heavy (non-hydrogen) atoms. The molecule has 0 spiro atoms. The van der Waals surface area contributed by atoms with Crippen LogP contribution in [0.2, 0.25) is 0 Å². The van der Waals surface area contributed by atoms with Crippen molar-refractivity contribution < 1.29 is 4.39 Å². The van der Waals surface area contributed by atoms with Gasteiger partial charge >= 0.3 is 0 Å². The summed E-state index contributed by atoms with van der Waals surface area (Å²) in [5.74, 6) is 0.284. The van der Waals surface area contributed by atoms with Crippen molar-refractivity contribution in [2.75, 3.05) is 0 Å². The summed E-state index contributed by atoms with van der Waals surface area (Å²) in [6.07, 6.45) is 2.25. The maximum absolute atomic E-state index is 13.6. The first kappa shape index (κ1) is 9.66. The summed E-state index contributed by atoms with van der Waals surface area (Å²) in [6, 6.07) is 5.16. The first-order chi connectivity index (χ1) is 6.51. The normalized spacial score (nSPS) is 20.6. The highest BCUT2D eigenvalue weighted by Gasteiger charge is 2.41. The molecule has 1 aromatic rings. The molecule has 1 atom stereocenters. The van der Waals surface area contributed by atoms with E-state index >= 15 is 0 Å². The fourth-order valence-corrected chi connectivity index (χ4v) is 1.95. The zero-order valence-corrected chi connectivity index (χ0v) is 8.68. The third-order valence-electron chi connectivity index (χ3n) is 3.13. The topological polar surface area (TPSA) is 26.0 Å². The molecule has 1 saturated carbocycles. The van der Waals surface area contributed by atoms with Crippen molar-refractivity contribution in [3.8, 4) is 0 Å². The van der Waals surface area contributed by atoms with Crippen molar-refractivity contribution in [1.29, 1.82) is 0 Å². The minimum absolute atomic E-state index is 0.174. The molecule has 2 rings (SSSR count). The van der Waals surface area contributed by atoms with Crippen LogP contribution in [0.5, 0.6) is 0 Å². The highest BCUT2D eigenvalue weighted by atomic mass is 19.1. The molecule has 1 aliphatic rings. The van der Waals surface area contributed by atoms with E-state index in [2.05, 4.69) is 0 Å². The van der Waals surface area contributed by atoms with E-state index in [9.17, 15) is 4.39 Å². The van der Waals surface area contributed by atoms with E-state index in [0.717, 1.165) is 18.4 Å². The second-order valence-corrected chi connectivity index (χ2v) is 4.54. The summed E-state index contributed by atoms with van der Waals surface area (Å²) in [5, 5.41) is 0. The van der Waals surface area contributed by atoms with Gasteiger partial charge in [0.1, 0.15) is 5.82 Å². The molecule has 0 aromatic heterocycles. The van der Waals surface area contributed by atoms with Crippen LogP contribution in [0, 0.1) is 18.7 Å². The van der Waals surface area contributed by atoms with Gasteiger partial charge in [0, 0.05) is 11.1 Å². The minimum Gasteiger partial charge on any atom is -0.321 e. The smallest absolute Gasteiger partial charge is 0.128 e. The lowest BCUT2D eigenvalue weighted by atomic mass is 9.87. The second kappa shape index (κ2) is 3.06. The molecule has 76 valence electrons. The summed E-state index contributed by atoms with van der Waals surface area (Å²) in [5.41, 5.74) is 7.42.